The Morgan fingerprint density at radius 3 is 2.70 bits per heavy atom. The third kappa shape index (κ3) is 2.78. The lowest BCUT2D eigenvalue weighted by Crippen LogP contribution is -2.42. The second-order valence-corrected chi connectivity index (χ2v) is 4.80. The Labute approximate surface area is 113 Å². The average Bonchev–Trinajstić information content (AvgIpc) is 2.37. The fraction of sp³-hybridized carbons (Fsp3) is 0.500. The highest BCUT2D eigenvalue weighted by atomic mass is 19.4. The molecule has 8 heteroatoms. The maximum absolute atomic E-state index is 12.8. The summed E-state index contributed by atoms with van der Waals surface area (Å²) in [6, 6.07) is 4.31. The van der Waals surface area contributed by atoms with Gasteiger partial charge in [0.1, 0.15) is 11.4 Å². The van der Waals surface area contributed by atoms with Crippen molar-refractivity contribution in [1.29, 1.82) is 0 Å². The Morgan fingerprint density at radius 1 is 1.40 bits per heavy atom. The summed E-state index contributed by atoms with van der Waals surface area (Å²) in [4.78, 5) is 11.8. The molecule has 1 aliphatic heterocycles. The molecule has 1 atom stereocenters. The summed E-state index contributed by atoms with van der Waals surface area (Å²) in [5, 5.41) is 11.0. The van der Waals surface area contributed by atoms with E-state index >= 15 is 0 Å². The number of para-hydroxylation sites is 1. The molecule has 1 heterocycles. The summed E-state index contributed by atoms with van der Waals surface area (Å²) >= 11 is 0. The Morgan fingerprint density at radius 2 is 2.10 bits per heavy atom. The van der Waals surface area contributed by atoms with Crippen molar-refractivity contribution in [2.45, 2.75) is 19.0 Å². The predicted octanol–water partition coefficient (Wildman–Crippen LogP) is 2.96. The van der Waals surface area contributed by atoms with Gasteiger partial charge in [0.15, 0.2) is 0 Å². The van der Waals surface area contributed by atoms with Crippen molar-refractivity contribution in [1.82, 2.24) is 0 Å². The van der Waals surface area contributed by atoms with Crippen LogP contribution in [0, 0.1) is 16.0 Å². The molecule has 1 unspecified atom stereocenters. The van der Waals surface area contributed by atoms with E-state index in [2.05, 4.69) is 0 Å². The zero-order valence-electron chi connectivity index (χ0n) is 10.6. The number of piperidine rings is 1. The minimum atomic E-state index is -4.28. The maximum Gasteiger partial charge on any atom is 0.393 e. The van der Waals surface area contributed by atoms with Gasteiger partial charge in [-0.1, -0.05) is 6.07 Å². The van der Waals surface area contributed by atoms with Gasteiger partial charge in [-0.05, 0) is 25.0 Å². The first-order valence-corrected chi connectivity index (χ1v) is 6.15. The monoisotopic (exact) mass is 289 g/mol. The van der Waals surface area contributed by atoms with Crippen LogP contribution in [0.5, 0.6) is 0 Å². The van der Waals surface area contributed by atoms with Gasteiger partial charge in [0, 0.05) is 13.1 Å². The second kappa shape index (κ2) is 5.18. The van der Waals surface area contributed by atoms with E-state index in [1.54, 1.807) is 0 Å². The van der Waals surface area contributed by atoms with E-state index in [0.717, 1.165) is 0 Å². The highest BCUT2D eigenvalue weighted by Gasteiger charge is 2.42. The van der Waals surface area contributed by atoms with Crippen molar-refractivity contribution in [2.24, 2.45) is 5.92 Å². The van der Waals surface area contributed by atoms with Gasteiger partial charge in [0.2, 0.25) is 0 Å². The molecule has 1 aliphatic rings. The fourth-order valence-electron chi connectivity index (χ4n) is 2.47. The average molecular weight is 289 g/mol. The fourth-order valence-corrected chi connectivity index (χ4v) is 2.47. The molecule has 2 N–H and O–H groups in total. The number of nitrogen functional groups attached to an aromatic ring is 1. The minimum Gasteiger partial charge on any atom is -0.393 e. The molecular weight excluding hydrogens is 275 g/mol. The third-order valence-electron chi connectivity index (χ3n) is 3.45. The van der Waals surface area contributed by atoms with Gasteiger partial charge in [0.25, 0.3) is 0 Å². The summed E-state index contributed by atoms with van der Waals surface area (Å²) in [5.74, 6) is -1.46. The van der Waals surface area contributed by atoms with Gasteiger partial charge >= 0.3 is 11.9 Å². The van der Waals surface area contributed by atoms with Gasteiger partial charge < -0.3 is 10.6 Å². The van der Waals surface area contributed by atoms with Gasteiger partial charge in [-0.15, -0.1) is 0 Å². The van der Waals surface area contributed by atoms with E-state index in [9.17, 15) is 23.3 Å². The molecule has 0 spiro atoms. The van der Waals surface area contributed by atoms with Crippen LogP contribution >= 0.6 is 0 Å². The smallest absolute Gasteiger partial charge is 0.393 e. The van der Waals surface area contributed by atoms with Crippen LogP contribution < -0.4 is 10.6 Å². The van der Waals surface area contributed by atoms with E-state index in [1.807, 2.05) is 0 Å². The summed E-state index contributed by atoms with van der Waals surface area (Å²) in [7, 11) is 0. The van der Waals surface area contributed by atoms with Crippen LogP contribution in [-0.4, -0.2) is 24.2 Å². The lowest BCUT2D eigenvalue weighted by Gasteiger charge is -2.35. The molecule has 0 aliphatic carbocycles. The van der Waals surface area contributed by atoms with E-state index in [4.69, 9.17) is 5.73 Å². The summed E-state index contributed by atoms with van der Waals surface area (Å²) in [6.45, 7) is 0.0880. The van der Waals surface area contributed by atoms with Gasteiger partial charge in [-0.25, -0.2) is 0 Å². The van der Waals surface area contributed by atoms with Crippen LogP contribution in [0.25, 0.3) is 0 Å². The minimum absolute atomic E-state index is 0.0402. The van der Waals surface area contributed by atoms with Crippen molar-refractivity contribution < 1.29 is 18.1 Å². The highest BCUT2D eigenvalue weighted by molar-refractivity contribution is 5.75. The first-order valence-electron chi connectivity index (χ1n) is 6.15. The van der Waals surface area contributed by atoms with E-state index in [0.29, 0.717) is 13.0 Å². The molecule has 0 aromatic heterocycles. The molecule has 5 nitrogen and oxygen atoms in total. The number of nitrogens with two attached hydrogens (primary N) is 1. The first-order chi connectivity index (χ1) is 9.30. The lowest BCUT2D eigenvalue weighted by molar-refractivity contribution is -0.383. The number of rotatable bonds is 2. The van der Waals surface area contributed by atoms with Crippen molar-refractivity contribution in [3.63, 3.8) is 0 Å². The molecule has 110 valence electrons. The van der Waals surface area contributed by atoms with E-state index in [1.165, 1.54) is 23.1 Å². The Balaban J connectivity index is 2.32. The number of hydrogen-bond acceptors (Lipinski definition) is 4. The number of benzene rings is 1. The Hall–Kier alpha value is -1.99. The summed E-state index contributed by atoms with van der Waals surface area (Å²) in [6.07, 6.45) is -3.89. The number of nitro benzene ring substituents is 1. The zero-order chi connectivity index (χ0) is 14.9. The molecule has 0 amide bonds. The molecule has 1 aromatic rings. The topological polar surface area (TPSA) is 72.4 Å². The van der Waals surface area contributed by atoms with Crippen molar-refractivity contribution in [3.8, 4) is 0 Å². The second-order valence-electron chi connectivity index (χ2n) is 4.80. The van der Waals surface area contributed by atoms with Crippen LogP contribution in [0.3, 0.4) is 0 Å². The number of alkyl halides is 3. The van der Waals surface area contributed by atoms with E-state index in [-0.39, 0.29) is 30.0 Å². The number of nitrogens with zero attached hydrogens (tertiary/aromatic N) is 2. The number of hydrogen-bond donors (Lipinski definition) is 1. The van der Waals surface area contributed by atoms with Crippen molar-refractivity contribution in [3.05, 3.63) is 28.3 Å². The van der Waals surface area contributed by atoms with E-state index < -0.39 is 17.0 Å². The number of nitro groups is 1. The Kier molecular flexibility index (Phi) is 3.74. The molecule has 2 rings (SSSR count). The van der Waals surface area contributed by atoms with Crippen LogP contribution in [0.4, 0.5) is 30.2 Å². The van der Waals surface area contributed by atoms with Gasteiger partial charge in [0.05, 0.1) is 10.8 Å². The molecule has 1 aromatic carbocycles. The number of halogens is 3. The lowest BCUT2D eigenvalue weighted by atomic mass is 9.96. The summed E-state index contributed by atoms with van der Waals surface area (Å²) in [5.41, 5.74) is 5.35. The zero-order valence-corrected chi connectivity index (χ0v) is 10.6. The predicted molar refractivity (Wildman–Crippen MR) is 68.5 cm³/mol. The maximum atomic E-state index is 12.8. The molecule has 20 heavy (non-hydrogen) atoms. The third-order valence-corrected chi connectivity index (χ3v) is 3.45. The van der Waals surface area contributed by atoms with Crippen molar-refractivity contribution in [2.75, 3.05) is 23.7 Å². The normalized spacial score (nSPS) is 19.9. The van der Waals surface area contributed by atoms with Crippen LogP contribution in [0.15, 0.2) is 18.2 Å². The standard InChI is InChI=1S/C12H14F3N3O2/c13-12(14,15)8-3-2-6-17(7-8)10-5-1-4-9(16)11(10)18(19)20/h1,4-5,8H,2-3,6-7,16H2. The SMILES string of the molecule is Nc1cccc(N2CCCC(C(F)(F)F)C2)c1[N+](=O)[O-]. The Bertz CT molecular complexity index is 519. The van der Waals surface area contributed by atoms with Crippen LogP contribution in [0.1, 0.15) is 12.8 Å². The quantitative estimate of drug-likeness (QED) is 0.516. The molecule has 1 fully saturated rings. The number of anilines is 2. The highest BCUT2D eigenvalue weighted by Crippen LogP contribution is 2.39. The first kappa shape index (κ1) is 14.4. The molecule has 1 saturated heterocycles. The van der Waals surface area contributed by atoms with Crippen LogP contribution in [-0.2, 0) is 0 Å². The summed E-state index contributed by atoms with van der Waals surface area (Å²) < 4.78 is 38.4. The van der Waals surface area contributed by atoms with Crippen LogP contribution in [0.2, 0.25) is 0 Å². The largest absolute Gasteiger partial charge is 0.393 e. The molecule has 0 saturated carbocycles. The molecule has 0 bridgehead atoms. The molecular formula is C12H14F3N3O2. The van der Waals surface area contributed by atoms with Gasteiger partial charge in [-0.3, -0.25) is 10.1 Å². The van der Waals surface area contributed by atoms with Crippen molar-refractivity contribution >= 4 is 17.1 Å². The molecule has 0 radical (unpaired) electrons. The van der Waals surface area contributed by atoms with Gasteiger partial charge in [-0.2, -0.15) is 13.2 Å².